The van der Waals surface area contributed by atoms with Crippen LogP contribution in [0.15, 0.2) is 54.6 Å². The molecular formula is C26H27NO2. The Hall–Kier alpha value is -3.07. The van der Waals surface area contributed by atoms with Crippen molar-refractivity contribution in [2.24, 2.45) is 0 Å². The Balaban J connectivity index is 2.08. The monoisotopic (exact) mass is 385 g/mol. The largest absolute Gasteiger partial charge is 0.441 e. The van der Waals surface area contributed by atoms with Gasteiger partial charge in [-0.2, -0.15) is 0 Å². The minimum absolute atomic E-state index is 0.274. The summed E-state index contributed by atoms with van der Waals surface area (Å²) in [4.78, 5) is 15.1. The van der Waals surface area contributed by atoms with E-state index < -0.39 is 5.60 Å². The van der Waals surface area contributed by atoms with Crippen molar-refractivity contribution in [3.63, 3.8) is 0 Å². The molecular weight excluding hydrogens is 358 g/mol. The molecule has 1 heterocycles. The highest BCUT2D eigenvalue weighted by Crippen LogP contribution is 2.49. The first-order valence-corrected chi connectivity index (χ1v) is 9.94. The Morgan fingerprint density at radius 2 is 1.24 bits per heavy atom. The fraction of sp³-hybridized carbons (Fsp3) is 0.269. The number of hydrogen-bond acceptors (Lipinski definition) is 3. The van der Waals surface area contributed by atoms with Crippen LogP contribution in [-0.2, 0) is 10.3 Å². The predicted octanol–water partition coefficient (Wildman–Crippen LogP) is 5.45. The first-order chi connectivity index (χ1) is 13.7. The zero-order chi connectivity index (χ0) is 20.9. The number of carbonyl (C=O) groups excluding carboxylic acids is 1. The van der Waals surface area contributed by atoms with Crippen molar-refractivity contribution in [1.82, 2.24) is 0 Å². The highest BCUT2D eigenvalue weighted by molar-refractivity contribution is 5.97. The Kier molecular flexibility index (Phi) is 4.49. The number of hydrogen-bond donors (Lipinski definition) is 0. The van der Waals surface area contributed by atoms with Gasteiger partial charge in [-0.1, -0.05) is 53.6 Å². The minimum atomic E-state index is -0.938. The number of benzene rings is 3. The lowest BCUT2D eigenvalue weighted by atomic mass is 9.76. The third kappa shape index (κ3) is 2.93. The average Bonchev–Trinajstić information content (AvgIpc) is 2.94. The van der Waals surface area contributed by atoms with Crippen molar-refractivity contribution >= 4 is 11.7 Å². The Labute approximate surface area is 172 Å². The molecule has 0 unspecified atom stereocenters. The first kappa shape index (κ1) is 19.3. The molecule has 0 bridgehead atoms. The van der Waals surface area contributed by atoms with Gasteiger partial charge in [0.25, 0.3) is 0 Å². The van der Waals surface area contributed by atoms with Gasteiger partial charge in [-0.15, -0.1) is 0 Å². The molecule has 0 aromatic heterocycles. The van der Waals surface area contributed by atoms with E-state index in [1.165, 1.54) is 11.1 Å². The summed E-state index contributed by atoms with van der Waals surface area (Å²) in [6, 6.07) is 18.7. The van der Waals surface area contributed by atoms with Crippen molar-refractivity contribution in [1.29, 1.82) is 0 Å². The van der Waals surface area contributed by atoms with Gasteiger partial charge in [0.15, 0.2) is 5.60 Å². The lowest BCUT2D eigenvalue weighted by Gasteiger charge is -2.33. The van der Waals surface area contributed by atoms with Crippen molar-refractivity contribution in [2.75, 3.05) is 19.0 Å². The smallest absolute Gasteiger partial charge is 0.340 e. The van der Waals surface area contributed by atoms with Gasteiger partial charge in [0.1, 0.15) is 0 Å². The Morgan fingerprint density at radius 3 is 1.72 bits per heavy atom. The van der Waals surface area contributed by atoms with E-state index >= 15 is 0 Å². The fourth-order valence-electron chi connectivity index (χ4n) is 4.50. The number of rotatable bonds is 3. The third-order valence-electron chi connectivity index (χ3n) is 5.89. The van der Waals surface area contributed by atoms with Gasteiger partial charge in [-0.05, 0) is 51.0 Å². The molecule has 3 nitrogen and oxygen atoms in total. The van der Waals surface area contributed by atoms with Gasteiger partial charge in [-0.3, -0.25) is 0 Å². The standard InChI is InChI=1S/C26H27NO2/c1-16-7-10-22(18(3)13-16)26(23-11-8-17(2)14-19(23)4)24-12-9-20(27(5)6)15-21(24)25(28)29-26/h7-15H,1-6H3. The lowest BCUT2D eigenvalue weighted by Crippen LogP contribution is -2.31. The van der Waals surface area contributed by atoms with Crippen molar-refractivity contribution < 1.29 is 9.53 Å². The van der Waals surface area contributed by atoms with Crippen LogP contribution >= 0.6 is 0 Å². The van der Waals surface area contributed by atoms with Crippen molar-refractivity contribution in [3.05, 3.63) is 99.1 Å². The second-order valence-corrected chi connectivity index (χ2v) is 8.33. The first-order valence-electron chi connectivity index (χ1n) is 9.94. The van der Waals surface area contributed by atoms with Crippen LogP contribution < -0.4 is 4.90 Å². The van der Waals surface area contributed by atoms with Crippen LogP contribution in [0.2, 0.25) is 0 Å². The van der Waals surface area contributed by atoms with Crippen LogP contribution in [0, 0.1) is 27.7 Å². The molecule has 0 N–H and O–H groups in total. The molecule has 3 aromatic rings. The number of aryl methyl sites for hydroxylation is 4. The van der Waals surface area contributed by atoms with E-state index in [4.69, 9.17) is 4.74 Å². The number of carbonyl (C=O) groups is 1. The Bertz CT molecular complexity index is 1080. The maximum atomic E-state index is 13.1. The van der Waals surface area contributed by atoms with Crippen LogP contribution in [0.25, 0.3) is 0 Å². The van der Waals surface area contributed by atoms with Gasteiger partial charge < -0.3 is 9.64 Å². The van der Waals surface area contributed by atoms with Gasteiger partial charge in [0.05, 0.1) is 5.56 Å². The highest BCUT2D eigenvalue weighted by atomic mass is 16.6. The molecule has 3 heteroatoms. The van der Waals surface area contributed by atoms with Gasteiger partial charge in [0.2, 0.25) is 0 Å². The molecule has 29 heavy (non-hydrogen) atoms. The summed E-state index contributed by atoms with van der Waals surface area (Å²) < 4.78 is 6.31. The summed E-state index contributed by atoms with van der Waals surface area (Å²) in [7, 11) is 3.95. The molecule has 0 aliphatic carbocycles. The fourth-order valence-corrected chi connectivity index (χ4v) is 4.50. The second-order valence-electron chi connectivity index (χ2n) is 8.33. The number of cyclic esters (lactones) is 1. The van der Waals surface area contributed by atoms with Crippen molar-refractivity contribution in [2.45, 2.75) is 33.3 Å². The quantitative estimate of drug-likeness (QED) is 0.562. The van der Waals surface area contributed by atoms with E-state index in [0.717, 1.165) is 33.5 Å². The van der Waals surface area contributed by atoms with Gasteiger partial charge in [0, 0.05) is 36.5 Å². The van der Waals surface area contributed by atoms with Gasteiger partial charge >= 0.3 is 5.97 Å². The zero-order valence-corrected chi connectivity index (χ0v) is 18.0. The van der Waals surface area contributed by atoms with Crippen molar-refractivity contribution in [3.8, 4) is 0 Å². The topological polar surface area (TPSA) is 29.5 Å². The maximum Gasteiger partial charge on any atom is 0.340 e. The molecule has 0 fully saturated rings. The van der Waals surface area contributed by atoms with Crippen LogP contribution in [-0.4, -0.2) is 20.1 Å². The van der Waals surface area contributed by atoms with E-state index in [1.807, 2.05) is 31.1 Å². The predicted molar refractivity (Wildman–Crippen MR) is 118 cm³/mol. The molecule has 1 aliphatic heterocycles. The molecule has 0 saturated carbocycles. The average molecular weight is 386 g/mol. The van der Waals surface area contributed by atoms with Gasteiger partial charge in [-0.25, -0.2) is 4.79 Å². The molecule has 3 aromatic carbocycles. The highest BCUT2D eigenvalue weighted by Gasteiger charge is 2.50. The SMILES string of the molecule is Cc1ccc(C2(c3ccc(C)cc3C)OC(=O)c3cc(N(C)C)ccc32)c(C)c1. The number of fused-ring (bicyclic) bond motifs is 1. The van der Waals surface area contributed by atoms with E-state index in [1.54, 1.807) is 0 Å². The molecule has 1 aliphatic rings. The van der Waals surface area contributed by atoms with E-state index in [0.29, 0.717) is 5.56 Å². The van der Waals surface area contributed by atoms with Crippen LogP contribution in [0.3, 0.4) is 0 Å². The summed E-state index contributed by atoms with van der Waals surface area (Å²) in [6.45, 7) is 8.35. The molecule has 0 amide bonds. The summed E-state index contributed by atoms with van der Waals surface area (Å²) in [5, 5.41) is 0. The van der Waals surface area contributed by atoms with Crippen LogP contribution in [0.5, 0.6) is 0 Å². The summed E-state index contributed by atoms with van der Waals surface area (Å²) >= 11 is 0. The van der Waals surface area contributed by atoms with E-state index in [2.05, 4.69) is 70.2 Å². The molecule has 0 saturated heterocycles. The summed E-state index contributed by atoms with van der Waals surface area (Å²) in [5.74, 6) is -0.274. The number of nitrogens with zero attached hydrogens (tertiary/aromatic N) is 1. The van der Waals surface area contributed by atoms with Crippen LogP contribution in [0.4, 0.5) is 5.69 Å². The summed E-state index contributed by atoms with van der Waals surface area (Å²) in [6.07, 6.45) is 0. The number of esters is 1. The molecule has 0 radical (unpaired) electrons. The molecule has 148 valence electrons. The zero-order valence-electron chi connectivity index (χ0n) is 18.0. The minimum Gasteiger partial charge on any atom is -0.441 e. The molecule has 4 rings (SSSR count). The second kappa shape index (κ2) is 6.77. The third-order valence-corrected chi connectivity index (χ3v) is 5.89. The molecule has 0 spiro atoms. The van der Waals surface area contributed by atoms with E-state index in [-0.39, 0.29) is 5.97 Å². The number of ether oxygens (including phenoxy) is 1. The summed E-state index contributed by atoms with van der Waals surface area (Å²) in [5.41, 5.74) is 8.22. The van der Waals surface area contributed by atoms with Crippen LogP contribution in [0.1, 0.15) is 49.3 Å². The van der Waals surface area contributed by atoms with E-state index in [9.17, 15) is 4.79 Å². The molecule has 0 atom stereocenters. The lowest BCUT2D eigenvalue weighted by molar-refractivity contribution is 0.0248. The Morgan fingerprint density at radius 1 is 0.724 bits per heavy atom. The maximum absolute atomic E-state index is 13.1. The number of anilines is 1. The normalized spacial score (nSPS) is 14.5.